The average molecular weight is 515 g/mol. The lowest BCUT2D eigenvalue weighted by Gasteiger charge is -2.11. The van der Waals surface area contributed by atoms with Crippen molar-refractivity contribution in [3.05, 3.63) is 59.2 Å². The fourth-order valence-corrected chi connectivity index (χ4v) is 4.53. The molecular weight excluding hydrogens is 488 g/mol. The monoisotopic (exact) mass is 514 g/mol. The molecule has 0 bridgehead atoms. The number of benzene rings is 2. The van der Waals surface area contributed by atoms with Crippen molar-refractivity contribution in [2.45, 2.75) is 20.3 Å². The van der Waals surface area contributed by atoms with Gasteiger partial charge in [-0.3, -0.25) is 15.6 Å². The fraction of sp³-hybridized carbons (Fsp3) is 0.261. The third kappa shape index (κ3) is 7.59. The lowest BCUT2D eigenvalue weighted by Crippen LogP contribution is -2.39. The van der Waals surface area contributed by atoms with Crippen molar-refractivity contribution < 1.29 is 17.9 Å². The van der Waals surface area contributed by atoms with Gasteiger partial charge in [0, 0.05) is 12.2 Å². The molecule has 0 atom stereocenters. The normalized spacial score (nSPS) is 10.8. The van der Waals surface area contributed by atoms with Gasteiger partial charge in [0.05, 0.1) is 17.7 Å². The van der Waals surface area contributed by atoms with Crippen molar-refractivity contribution >= 4 is 39.1 Å². The molecule has 0 fully saturated rings. The number of hydrogen-bond acceptors (Lipinski definition) is 8. The van der Waals surface area contributed by atoms with Gasteiger partial charge < -0.3 is 10.1 Å². The van der Waals surface area contributed by atoms with Crippen molar-refractivity contribution in [3.63, 3.8) is 0 Å². The highest BCUT2D eigenvalue weighted by Crippen LogP contribution is 2.33. The summed E-state index contributed by atoms with van der Waals surface area (Å²) in [5.41, 5.74) is 8.58. The Bertz CT molecular complexity index is 1350. The Morgan fingerprint density at radius 1 is 1.20 bits per heavy atom. The third-order valence-electron chi connectivity index (χ3n) is 4.72. The van der Waals surface area contributed by atoms with Crippen LogP contribution in [0.5, 0.6) is 5.75 Å². The molecule has 0 spiro atoms. The van der Waals surface area contributed by atoms with E-state index < -0.39 is 16.1 Å². The van der Waals surface area contributed by atoms with Crippen molar-refractivity contribution in [2.24, 2.45) is 0 Å². The molecule has 0 saturated heterocycles. The number of sulfonamides is 1. The molecule has 2 amide bonds. The minimum absolute atomic E-state index is 0.197. The molecule has 0 aliphatic carbocycles. The van der Waals surface area contributed by atoms with Crippen LogP contribution in [-0.4, -0.2) is 38.2 Å². The number of amides is 2. The van der Waals surface area contributed by atoms with Gasteiger partial charge in [-0.15, -0.1) is 0 Å². The van der Waals surface area contributed by atoms with Gasteiger partial charge in [0.25, 0.3) is 0 Å². The minimum atomic E-state index is -3.44. The first-order valence-electron chi connectivity index (χ1n) is 10.6. The summed E-state index contributed by atoms with van der Waals surface area (Å²) in [6.07, 6.45) is 1.67. The zero-order chi connectivity index (χ0) is 25.4. The quantitative estimate of drug-likeness (QED) is 0.238. The Balaban J connectivity index is 1.50. The van der Waals surface area contributed by atoms with Crippen LogP contribution in [0.1, 0.15) is 23.1 Å². The van der Waals surface area contributed by atoms with Crippen LogP contribution in [0.4, 0.5) is 16.3 Å². The van der Waals surface area contributed by atoms with Crippen molar-refractivity contribution in [3.8, 4) is 22.3 Å². The molecule has 4 N–H and O–H groups in total. The first-order chi connectivity index (χ1) is 16.7. The number of rotatable bonds is 10. The van der Waals surface area contributed by atoms with Crippen LogP contribution in [0.15, 0.2) is 42.5 Å². The second kappa shape index (κ2) is 11.5. The lowest BCUT2D eigenvalue weighted by atomic mass is 10.1. The van der Waals surface area contributed by atoms with Gasteiger partial charge in [0.1, 0.15) is 17.4 Å². The first kappa shape index (κ1) is 25.8. The molecule has 1 aromatic heterocycles. The number of nitrogens with one attached hydrogen (secondary N) is 4. The molecule has 0 radical (unpaired) electrons. The van der Waals surface area contributed by atoms with E-state index in [1.165, 1.54) is 5.56 Å². The third-order valence-corrected chi connectivity index (χ3v) is 6.22. The summed E-state index contributed by atoms with van der Waals surface area (Å²) in [5, 5.41) is 12.3. The summed E-state index contributed by atoms with van der Waals surface area (Å²) >= 11 is 1.06. The van der Waals surface area contributed by atoms with Crippen LogP contribution < -0.4 is 25.6 Å². The van der Waals surface area contributed by atoms with Gasteiger partial charge in [0.2, 0.25) is 10.0 Å². The van der Waals surface area contributed by atoms with E-state index in [1.54, 1.807) is 24.3 Å². The van der Waals surface area contributed by atoms with Crippen LogP contribution in [-0.2, 0) is 10.0 Å². The molecule has 35 heavy (non-hydrogen) atoms. The van der Waals surface area contributed by atoms with Crippen molar-refractivity contribution in [1.29, 1.82) is 5.26 Å². The summed E-state index contributed by atoms with van der Waals surface area (Å²) in [4.78, 5) is 12.6. The van der Waals surface area contributed by atoms with Crippen LogP contribution in [0.2, 0.25) is 0 Å². The highest BCUT2D eigenvalue weighted by atomic mass is 32.2. The van der Waals surface area contributed by atoms with Crippen LogP contribution in [0.3, 0.4) is 0 Å². The SMILES string of the molecule is Cc1ccc(OCCCNC(=O)NNc2nsc(-c3cccc(NS(C)(=O)=O)c3)c2C#N)c(C)c1. The van der Waals surface area contributed by atoms with E-state index in [4.69, 9.17) is 4.74 Å². The second-order valence-electron chi connectivity index (χ2n) is 7.78. The molecule has 12 heteroatoms. The van der Waals surface area contributed by atoms with Gasteiger partial charge in [-0.05, 0) is 61.1 Å². The van der Waals surface area contributed by atoms with Crippen LogP contribution in [0, 0.1) is 25.2 Å². The molecule has 0 aliphatic rings. The van der Waals surface area contributed by atoms with E-state index in [-0.39, 0.29) is 11.4 Å². The zero-order valence-corrected chi connectivity index (χ0v) is 21.1. The highest BCUT2D eigenvalue weighted by Gasteiger charge is 2.16. The molecule has 0 unspecified atom stereocenters. The summed E-state index contributed by atoms with van der Waals surface area (Å²) in [7, 11) is -3.44. The van der Waals surface area contributed by atoms with Crippen molar-refractivity contribution in [1.82, 2.24) is 15.1 Å². The Labute approximate surface area is 208 Å². The number of hydrazine groups is 1. The number of ether oxygens (including phenoxy) is 1. The van der Waals surface area contributed by atoms with Crippen molar-refractivity contribution in [2.75, 3.05) is 29.6 Å². The highest BCUT2D eigenvalue weighted by molar-refractivity contribution is 7.92. The Morgan fingerprint density at radius 2 is 2.00 bits per heavy atom. The molecule has 2 aromatic carbocycles. The average Bonchev–Trinajstić information content (AvgIpc) is 3.21. The number of aryl methyl sites for hydroxylation is 2. The van der Waals surface area contributed by atoms with E-state index in [0.29, 0.717) is 35.7 Å². The minimum Gasteiger partial charge on any atom is -0.493 e. The van der Waals surface area contributed by atoms with Crippen LogP contribution >= 0.6 is 11.5 Å². The molecule has 3 rings (SSSR count). The summed E-state index contributed by atoms with van der Waals surface area (Å²) in [6, 6.07) is 14.2. The smallest absolute Gasteiger partial charge is 0.333 e. The molecule has 3 aromatic rings. The molecule has 10 nitrogen and oxygen atoms in total. The number of nitrogens with zero attached hydrogens (tertiary/aromatic N) is 2. The topological polar surface area (TPSA) is 145 Å². The second-order valence-corrected chi connectivity index (χ2v) is 10.3. The summed E-state index contributed by atoms with van der Waals surface area (Å²) in [6.45, 7) is 4.86. The maximum atomic E-state index is 12.1. The number of nitriles is 1. The molecule has 0 aliphatic heterocycles. The maximum absolute atomic E-state index is 12.1. The largest absolute Gasteiger partial charge is 0.493 e. The van der Waals surface area contributed by atoms with E-state index in [2.05, 4.69) is 37.4 Å². The fourth-order valence-electron chi connectivity index (χ4n) is 3.19. The van der Waals surface area contributed by atoms with E-state index in [0.717, 1.165) is 29.1 Å². The predicted octanol–water partition coefficient (Wildman–Crippen LogP) is 3.77. The number of hydrogen-bond donors (Lipinski definition) is 4. The first-order valence-corrected chi connectivity index (χ1v) is 13.3. The van der Waals surface area contributed by atoms with Gasteiger partial charge >= 0.3 is 6.03 Å². The van der Waals surface area contributed by atoms with Gasteiger partial charge in [0.15, 0.2) is 5.82 Å². The van der Waals surface area contributed by atoms with Gasteiger partial charge in [-0.1, -0.05) is 29.8 Å². The van der Waals surface area contributed by atoms with E-state index >= 15 is 0 Å². The van der Waals surface area contributed by atoms with Gasteiger partial charge in [-0.2, -0.15) is 9.64 Å². The summed E-state index contributed by atoms with van der Waals surface area (Å²) in [5.74, 6) is 1.02. The zero-order valence-electron chi connectivity index (χ0n) is 19.5. The van der Waals surface area contributed by atoms with Crippen LogP contribution in [0.25, 0.3) is 10.4 Å². The number of carbonyl (C=O) groups excluding carboxylic acids is 1. The number of aromatic nitrogens is 1. The predicted molar refractivity (Wildman–Crippen MR) is 137 cm³/mol. The molecule has 1 heterocycles. The van der Waals surface area contributed by atoms with E-state index in [9.17, 15) is 18.5 Å². The Hall–Kier alpha value is -3.82. The number of carbonyl (C=O) groups is 1. The van der Waals surface area contributed by atoms with E-state index in [1.807, 2.05) is 26.0 Å². The maximum Gasteiger partial charge on any atom is 0.333 e. The molecular formula is C23H26N6O4S2. The number of anilines is 2. The summed E-state index contributed by atoms with van der Waals surface area (Å²) < 4.78 is 35.3. The standard InChI is InChI=1S/C23H26N6O4S2/c1-15-8-9-20(16(2)12-15)33-11-5-10-25-23(30)27-26-22-19(14-24)21(34-28-22)17-6-4-7-18(13-17)29-35(3,31)32/h4,6-9,12-13,29H,5,10-11H2,1-3H3,(H,26,28)(H2,25,27,30). The Morgan fingerprint density at radius 3 is 2.71 bits per heavy atom. The lowest BCUT2D eigenvalue weighted by molar-refractivity contribution is 0.241. The van der Waals surface area contributed by atoms with Gasteiger partial charge in [-0.25, -0.2) is 13.2 Å². The number of urea groups is 1. The molecule has 184 valence electrons. The Kier molecular flexibility index (Phi) is 8.51. The molecule has 0 saturated carbocycles.